The van der Waals surface area contributed by atoms with E-state index in [1.165, 1.54) is 4.57 Å². The van der Waals surface area contributed by atoms with Crippen molar-refractivity contribution < 1.29 is 17.9 Å². The van der Waals surface area contributed by atoms with E-state index in [1.54, 1.807) is 31.3 Å². The lowest BCUT2D eigenvalue weighted by atomic mass is 9.93. The monoisotopic (exact) mass is 525 g/mol. The molecule has 4 heterocycles. The standard InChI is InChI=1S/C28H30F3N5O2/c1-4-6-22(17-7-9-18(10-8-17)28(29,30)31)35-15-21-16-38-26-25(36(21)14-20(35)5-2)24-23(34(3)27(26)37)12-11-19(13-32)33-24/h7-12,20-22H,4-6,14-16H2,1-3H3/t20-,21+,22+/m1/s1. The summed E-state index contributed by atoms with van der Waals surface area (Å²) < 4.78 is 47.1. The highest BCUT2D eigenvalue weighted by atomic mass is 19.4. The van der Waals surface area contributed by atoms with Crippen LogP contribution in [0.2, 0.25) is 0 Å². The molecule has 5 rings (SSSR count). The van der Waals surface area contributed by atoms with E-state index in [0.29, 0.717) is 36.4 Å². The van der Waals surface area contributed by atoms with Gasteiger partial charge in [-0.3, -0.25) is 9.69 Å². The largest absolute Gasteiger partial charge is 0.484 e. The van der Waals surface area contributed by atoms with Crippen molar-refractivity contribution in [3.63, 3.8) is 0 Å². The number of nitriles is 1. The Kier molecular flexibility index (Phi) is 6.82. The molecule has 200 valence electrons. The number of halogens is 3. The topological polar surface area (TPSA) is 74.4 Å². The Hall–Kier alpha value is -3.58. The second-order valence-corrected chi connectivity index (χ2v) is 10.0. The predicted molar refractivity (Wildman–Crippen MR) is 138 cm³/mol. The van der Waals surface area contributed by atoms with Gasteiger partial charge in [0, 0.05) is 32.2 Å². The molecule has 0 saturated carbocycles. The second-order valence-electron chi connectivity index (χ2n) is 10.0. The lowest BCUT2D eigenvalue weighted by Crippen LogP contribution is -2.62. The Bertz CT molecular complexity index is 1440. The molecule has 2 aliphatic heterocycles. The molecule has 1 fully saturated rings. The molecule has 2 aromatic heterocycles. The summed E-state index contributed by atoms with van der Waals surface area (Å²) in [6, 6.07) is 10.9. The number of benzene rings is 1. The van der Waals surface area contributed by atoms with Gasteiger partial charge >= 0.3 is 6.18 Å². The number of anilines is 1. The highest BCUT2D eigenvalue weighted by Gasteiger charge is 2.42. The first-order valence-corrected chi connectivity index (χ1v) is 12.9. The number of pyridine rings is 2. The molecule has 38 heavy (non-hydrogen) atoms. The third kappa shape index (κ3) is 4.39. The number of hydrogen-bond acceptors (Lipinski definition) is 6. The molecule has 0 unspecified atom stereocenters. The number of alkyl halides is 3. The number of rotatable bonds is 5. The van der Waals surface area contributed by atoms with E-state index in [0.717, 1.165) is 37.0 Å². The van der Waals surface area contributed by atoms with Crippen LogP contribution in [-0.4, -0.2) is 46.2 Å². The van der Waals surface area contributed by atoms with Gasteiger partial charge in [0.1, 0.15) is 29.6 Å². The van der Waals surface area contributed by atoms with Gasteiger partial charge in [-0.2, -0.15) is 18.4 Å². The van der Waals surface area contributed by atoms with E-state index in [1.807, 2.05) is 0 Å². The summed E-state index contributed by atoms with van der Waals surface area (Å²) in [6.45, 7) is 5.72. The molecule has 10 heteroatoms. The summed E-state index contributed by atoms with van der Waals surface area (Å²) in [5, 5.41) is 9.46. The molecule has 0 radical (unpaired) electrons. The van der Waals surface area contributed by atoms with Crippen LogP contribution in [0.1, 0.15) is 56.0 Å². The van der Waals surface area contributed by atoms with Crippen molar-refractivity contribution in [1.29, 1.82) is 5.26 Å². The summed E-state index contributed by atoms with van der Waals surface area (Å²) in [5.74, 6) is 0.245. The summed E-state index contributed by atoms with van der Waals surface area (Å²) in [4.78, 5) is 22.3. The maximum Gasteiger partial charge on any atom is 0.416 e. The third-order valence-corrected chi connectivity index (χ3v) is 7.79. The van der Waals surface area contributed by atoms with E-state index in [9.17, 15) is 23.2 Å². The molecule has 0 amide bonds. The zero-order valence-corrected chi connectivity index (χ0v) is 21.6. The Morgan fingerprint density at radius 1 is 1.16 bits per heavy atom. The molecule has 1 saturated heterocycles. The first-order chi connectivity index (χ1) is 18.2. The molecule has 0 N–H and O–H groups in total. The van der Waals surface area contributed by atoms with Crippen LogP contribution < -0.4 is 15.2 Å². The smallest absolute Gasteiger partial charge is 0.416 e. The van der Waals surface area contributed by atoms with Crippen molar-refractivity contribution in [1.82, 2.24) is 14.5 Å². The maximum atomic E-state index is 13.2. The molecule has 2 aliphatic rings. The Morgan fingerprint density at radius 2 is 1.89 bits per heavy atom. The first kappa shape index (κ1) is 26.0. The molecule has 7 nitrogen and oxygen atoms in total. The number of fused-ring (bicyclic) bond motifs is 5. The Labute approximate surface area is 219 Å². The zero-order chi connectivity index (χ0) is 27.2. The highest BCUT2D eigenvalue weighted by molar-refractivity contribution is 5.93. The van der Waals surface area contributed by atoms with E-state index < -0.39 is 11.7 Å². The summed E-state index contributed by atoms with van der Waals surface area (Å²) in [7, 11) is 1.67. The quantitative estimate of drug-likeness (QED) is 0.466. The number of aryl methyl sites for hydroxylation is 1. The van der Waals surface area contributed by atoms with Crippen LogP contribution in [0.15, 0.2) is 41.2 Å². The second kappa shape index (κ2) is 9.95. The van der Waals surface area contributed by atoms with Gasteiger partial charge in [-0.25, -0.2) is 4.98 Å². The molecule has 0 aliphatic carbocycles. The minimum absolute atomic E-state index is 0.0421. The summed E-state index contributed by atoms with van der Waals surface area (Å²) in [5.41, 5.74) is 2.03. The van der Waals surface area contributed by atoms with Crippen molar-refractivity contribution in [2.75, 3.05) is 24.6 Å². The van der Waals surface area contributed by atoms with E-state index in [2.05, 4.69) is 34.7 Å². The molecule has 3 aromatic rings. The van der Waals surface area contributed by atoms with Crippen LogP contribution in [0, 0.1) is 11.3 Å². The predicted octanol–water partition coefficient (Wildman–Crippen LogP) is 5.03. The van der Waals surface area contributed by atoms with Crippen molar-refractivity contribution in [3.05, 3.63) is 63.6 Å². The summed E-state index contributed by atoms with van der Waals surface area (Å²) >= 11 is 0. The van der Waals surface area contributed by atoms with Crippen LogP contribution in [0.4, 0.5) is 18.9 Å². The van der Waals surface area contributed by atoms with Gasteiger partial charge in [-0.15, -0.1) is 0 Å². The average Bonchev–Trinajstić information content (AvgIpc) is 2.92. The fourth-order valence-electron chi connectivity index (χ4n) is 5.83. The van der Waals surface area contributed by atoms with Gasteiger partial charge in [0.25, 0.3) is 5.56 Å². The number of nitrogens with zero attached hydrogens (tertiary/aromatic N) is 5. The van der Waals surface area contributed by atoms with Crippen molar-refractivity contribution in [2.24, 2.45) is 7.05 Å². The number of ether oxygens (including phenoxy) is 1. The van der Waals surface area contributed by atoms with Gasteiger partial charge in [0.15, 0.2) is 0 Å². The van der Waals surface area contributed by atoms with Gasteiger partial charge in [-0.05, 0) is 42.7 Å². The number of aromatic nitrogens is 2. The van der Waals surface area contributed by atoms with Crippen LogP contribution in [-0.2, 0) is 13.2 Å². The molecule has 3 atom stereocenters. The number of hydrogen-bond donors (Lipinski definition) is 0. The molecule has 0 spiro atoms. The van der Waals surface area contributed by atoms with E-state index >= 15 is 0 Å². The average molecular weight is 526 g/mol. The van der Waals surface area contributed by atoms with E-state index in [-0.39, 0.29) is 35.1 Å². The molecule has 1 aromatic carbocycles. The molecular weight excluding hydrogens is 495 g/mol. The molecule has 0 bridgehead atoms. The van der Waals surface area contributed by atoms with Gasteiger partial charge in [0.2, 0.25) is 5.75 Å². The van der Waals surface area contributed by atoms with Gasteiger partial charge < -0.3 is 14.2 Å². The van der Waals surface area contributed by atoms with Crippen LogP contribution in [0.3, 0.4) is 0 Å². The van der Waals surface area contributed by atoms with Gasteiger partial charge in [-0.1, -0.05) is 32.4 Å². The molecular formula is C28H30F3N5O2. The Morgan fingerprint density at radius 3 is 2.53 bits per heavy atom. The fraction of sp³-hybridized carbons (Fsp3) is 0.464. The van der Waals surface area contributed by atoms with Crippen LogP contribution in [0.5, 0.6) is 5.75 Å². The van der Waals surface area contributed by atoms with Crippen LogP contribution in [0.25, 0.3) is 11.0 Å². The maximum absolute atomic E-state index is 13.2. The lowest BCUT2D eigenvalue weighted by molar-refractivity contribution is -0.137. The SMILES string of the molecule is CCC[C@@H](c1ccc(C(F)(F)F)cc1)N1C[C@H]2COc3c(c4nc(C#N)ccc4n(C)c3=O)N2C[C@H]1CC. The summed E-state index contributed by atoms with van der Waals surface area (Å²) in [6.07, 6.45) is -1.86. The Balaban J connectivity index is 1.54. The van der Waals surface area contributed by atoms with Crippen molar-refractivity contribution in [3.8, 4) is 11.8 Å². The first-order valence-electron chi connectivity index (χ1n) is 12.9. The van der Waals surface area contributed by atoms with Crippen LogP contribution >= 0.6 is 0 Å². The minimum Gasteiger partial charge on any atom is -0.484 e. The van der Waals surface area contributed by atoms with Crippen molar-refractivity contribution in [2.45, 2.75) is 57.4 Å². The normalized spacial score (nSPS) is 20.4. The number of piperazine rings is 1. The van der Waals surface area contributed by atoms with E-state index in [4.69, 9.17) is 4.74 Å². The fourth-order valence-corrected chi connectivity index (χ4v) is 5.83. The highest BCUT2D eigenvalue weighted by Crippen LogP contribution is 2.41. The van der Waals surface area contributed by atoms with Gasteiger partial charge in [0.05, 0.1) is 17.1 Å². The zero-order valence-electron chi connectivity index (χ0n) is 21.6. The third-order valence-electron chi connectivity index (χ3n) is 7.79. The van der Waals surface area contributed by atoms with Crippen molar-refractivity contribution >= 4 is 16.7 Å². The lowest BCUT2D eigenvalue weighted by Gasteiger charge is -2.51. The minimum atomic E-state index is -4.37.